The maximum absolute atomic E-state index is 12.9. The lowest BCUT2D eigenvalue weighted by molar-refractivity contribution is 0.0471. The van der Waals surface area contributed by atoms with Gasteiger partial charge in [0.1, 0.15) is 12.4 Å². The summed E-state index contributed by atoms with van der Waals surface area (Å²) >= 11 is 0. The van der Waals surface area contributed by atoms with Gasteiger partial charge in [-0.15, -0.1) is 0 Å². The molecule has 0 unspecified atom stereocenters. The van der Waals surface area contributed by atoms with Crippen LogP contribution in [-0.4, -0.2) is 16.7 Å². The molecule has 0 fully saturated rings. The van der Waals surface area contributed by atoms with Crippen LogP contribution in [0.1, 0.15) is 33.2 Å². The Morgan fingerprint density at radius 1 is 1.20 bits per heavy atom. The quantitative estimate of drug-likeness (QED) is 0.635. The second kappa shape index (κ2) is 6.06. The third-order valence-electron chi connectivity index (χ3n) is 2.64. The number of carbonyl (C=O) groups is 2. The molecule has 5 heteroatoms. The molecule has 0 saturated heterocycles. The maximum atomic E-state index is 12.9. The number of nitrogens with zero attached hydrogens (tertiary/aromatic N) is 1. The molecule has 0 aliphatic carbocycles. The van der Waals surface area contributed by atoms with Crippen LogP contribution >= 0.6 is 0 Å². The normalized spacial score (nSPS) is 10.1. The molecule has 102 valence electrons. The Kier molecular flexibility index (Phi) is 4.20. The van der Waals surface area contributed by atoms with Crippen molar-refractivity contribution in [2.75, 3.05) is 0 Å². The van der Waals surface area contributed by atoms with Gasteiger partial charge in [0, 0.05) is 11.8 Å². The fourth-order valence-corrected chi connectivity index (χ4v) is 1.64. The highest BCUT2D eigenvalue weighted by Gasteiger charge is 2.09. The first-order valence-corrected chi connectivity index (χ1v) is 5.94. The average molecular weight is 273 g/mol. The van der Waals surface area contributed by atoms with Crippen LogP contribution in [-0.2, 0) is 11.3 Å². The van der Waals surface area contributed by atoms with Gasteiger partial charge in [-0.2, -0.15) is 0 Å². The Labute approximate surface area is 115 Å². The van der Waals surface area contributed by atoms with Crippen LogP contribution in [0.4, 0.5) is 4.39 Å². The van der Waals surface area contributed by atoms with E-state index in [1.54, 1.807) is 24.3 Å². The van der Waals surface area contributed by atoms with Gasteiger partial charge in [-0.05, 0) is 24.6 Å². The van der Waals surface area contributed by atoms with Crippen molar-refractivity contribution in [3.8, 4) is 0 Å². The van der Waals surface area contributed by atoms with Gasteiger partial charge < -0.3 is 4.74 Å². The highest BCUT2D eigenvalue weighted by molar-refractivity contribution is 5.94. The number of pyridine rings is 1. The zero-order valence-electron chi connectivity index (χ0n) is 10.8. The van der Waals surface area contributed by atoms with Crippen molar-refractivity contribution in [2.45, 2.75) is 13.5 Å². The zero-order valence-corrected chi connectivity index (χ0v) is 10.8. The predicted octanol–water partition coefficient (Wildman–Crippen LogP) is 2.78. The summed E-state index contributed by atoms with van der Waals surface area (Å²) in [4.78, 5) is 26.5. The van der Waals surface area contributed by atoms with Gasteiger partial charge in [0.05, 0.1) is 11.8 Å². The summed E-state index contributed by atoms with van der Waals surface area (Å²) in [7, 11) is 0. The summed E-state index contributed by atoms with van der Waals surface area (Å²) in [6, 6.07) is 7.85. The largest absolute Gasteiger partial charge is 0.457 e. The number of aromatic nitrogens is 1. The molecule has 20 heavy (non-hydrogen) atoms. The third kappa shape index (κ3) is 3.47. The van der Waals surface area contributed by atoms with Crippen molar-refractivity contribution >= 4 is 11.8 Å². The molecule has 0 radical (unpaired) electrons. The highest BCUT2D eigenvalue weighted by Crippen LogP contribution is 2.09. The van der Waals surface area contributed by atoms with Gasteiger partial charge in [0.2, 0.25) is 0 Å². The predicted molar refractivity (Wildman–Crippen MR) is 69.8 cm³/mol. The van der Waals surface area contributed by atoms with Gasteiger partial charge in [0.15, 0.2) is 5.78 Å². The zero-order chi connectivity index (χ0) is 14.5. The van der Waals surface area contributed by atoms with Gasteiger partial charge in [-0.3, -0.25) is 9.78 Å². The summed E-state index contributed by atoms with van der Waals surface area (Å²) < 4.78 is 18.0. The monoisotopic (exact) mass is 273 g/mol. The first kappa shape index (κ1) is 13.9. The number of halogens is 1. The molecule has 0 bridgehead atoms. The molecular weight excluding hydrogens is 261 g/mol. The Morgan fingerprint density at radius 2 is 2.00 bits per heavy atom. The highest BCUT2D eigenvalue weighted by atomic mass is 19.1. The van der Waals surface area contributed by atoms with Crippen LogP contribution in [0, 0.1) is 5.82 Å². The minimum Gasteiger partial charge on any atom is -0.457 e. The minimum absolute atomic E-state index is 0.0104. The number of hydrogen-bond donors (Lipinski definition) is 0. The second-order valence-electron chi connectivity index (χ2n) is 4.22. The molecule has 0 amide bonds. The lowest BCUT2D eigenvalue weighted by Gasteiger charge is -2.06. The topological polar surface area (TPSA) is 56.3 Å². The number of Topliss-reactive ketones (excluding diaryl/α,β-unsaturated/α-hetero) is 1. The molecule has 0 aliphatic heterocycles. The van der Waals surface area contributed by atoms with Gasteiger partial charge in [-0.1, -0.05) is 18.2 Å². The first-order valence-electron chi connectivity index (χ1n) is 5.94. The molecule has 0 aliphatic rings. The van der Waals surface area contributed by atoms with Crippen LogP contribution in [0.3, 0.4) is 0 Å². The van der Waals surface area contributed by atoms with E-state index in [-0.39, 0.29) is 18.0 Å². The van der Waals surface area contributed by atoms with Crippen LogP contribution in [0.5, 0.6) is 0 Å². The van der Waals surface area contributed by atoms with E-state index in [1.165, 1.54) is 13.1 Å². The summed E-state index contributed by atoms with van der Waals surface area (Å²) in [6.45, 7) is 1.47. The molecule has 1 aromatic heterocycles. The van der Waals surface area contributed by atoms with Crippen molar-refractivity contribution in [1.29, 1.82) is 0 Å². The summed E-state index contributed by atoms with van der Waals surface area (Å²) in [6.07, 6.45) is 2.24. The van der Waals surface area contributed by atoms with E-state index < -0.39 is 11.8 Å². The molecule has 0 N–H and O–H groups in total. The number of carbonyl (C=O) groups excluding carboxylic acids is 2. The lowest BCUT2D eigenvalue weighted by atomic mass is 10.1. The van der Waals surface area contributed by atoms with E-state index in [9.17, 15) is 14.0 Å². The molecule has 0 saturated carbocycles. The Hall–Kier alpha value is -2.56. The number of esters is 1. The van der Waals surface area contributed by atoms with E-state index >= 15 is 0 Å². The SMILES string of the molecule is CC(=O)c1cccc(COC(=O)c2cncc(F)c2)c1. The van der Waals surface area contributed by atoms with E-state index in [1.807, 2.05) is 0 Å². The van der Waals surface area contributed by atoms with Gasteiger partial charge in [0.25, 0.3) is 0 Å². The van der Waals surface area contributed by atoms with Crippen LogP contribution < -0.4 is 0 Å². The first-order chi connectivity index (χ1) is 9.56. The van der Waals surface area contributed by atoms with Crippen LogP contribution in [0.15, 0.2) is 42.7 Å². The molecule has 0 atom stereocenters. The van der Waals surface area contributed by atoms with E-state index in [0.717, 1.165) is 12.3 Å². The number of ketones is 1. The van der Waals surface area contributed by atoms with Crippen molar-refractivity contribution < 1.29 is 18.7 Å². The van der Waals surface area contributed by atoms with Crippen molar-refractivity contribution in [2.24, 2.45) is 0 Å². The van der Waals surface area contributed by atoms with Crippen molar-refractivity contribution in [3.63, 3.8) is 0 Å². The fraction of sp³-hybridized carbons (Fsp3) is 0.133. The second-order valence-corrected chi connectivity index (χ2v) is 4.22. The lowest BCUT2D eigenvalue weighted by Crippen LogP contribution is -2.06. The van der Waals surface area contributed by atoms with E-state index in [4.69, 9.17) is 4.74 Å². The molecular formula is C15H12FNO3. The summed E-state index contributed by atoms with van der Waals surface area (Å²) in [5.74, 6) is -1.32. The Bertz CT molecular complexity index is 655. The smallest absolute Gasteiger partial charge is 0.340 e. The molecule has 1 heterocycles. The third-order valence-corrected chi connectivity index (χ3v) is 2.64. The number of hydrogen-bond acceptors (Lipinski definition) is 4. The maximum Gasteiger partial charge on any atom is 0.340 e. The van der Waals surface area contributed by atoms with Gasteiger partial charge >= 0.3 is 5.97 Å². The van der Waals surface area contributed by atoms with Crippen molar-refractivity contribution in [3.05, 3.63) is 65.2 Å². The van der Waals surface area contributed by atoms with Crippen LogP contribution in [0.2, 0.25) is 0 Å². The standard InChI is InChI=1S/C15H12FNO3/c1-10(18)12-4-2-3-11(5-12)9-20-15(19)13-6-14(16)8-17-7-13/h2-8H,9H2,1H3. The van der Waals surface area contributed by atoms with Gasteiger partial charge in [-0.25, -0.2) is 9.18 Å². The number of rotatable bonds is 4. The summed E-state index contributed by atoms with van der Waals surface area (Å²) in [5, 5.41) is 0. The Balaban J connectivity index is 2.03. The fourth-order valence-electron chi connectivity index (χ4n) is 1.64. The van der Waals surface area contributed by atoms with E-state index in [2.05, 4.69) is 4.98 Å². The molecule has 2 aromatic rings. The molecule has 0 spiro atoms. The Morgan fingerprint density at radius 3 is 2.70 bits per heavy atom. The summed E-state index contributed by atoms with van der Waals surface area (Å²) in [5.41, 5.74) is 1.29. The molecule has 2 rings (SSSR count). The van der Waals surface area contributed by atoms with E-state index in [0.29, 0.717) is 11.1 Å². The average Bonchev–Trinajstić information content (AvgIpc) is 2.45. The number of benzene rings is 1. The minimum atomic E-state index is -0.662. The van der Waals surface area contributed by atoms with Crippen LogP contribution in [0.25, 0.3) is 0 Å². The van der Waals surface area contributed by atoms with Crippen molar-refractivity contribution in [1.82, 2.24) is 4.98 Å². The molecule has 1 aromatic carbocycles. The molecule has 4 nitrogen and oxygen atoms in total. The number of ether oxygens (including phenoxy) is 1.